The number of hydrogen-bond donors (Lipinski definition) is 9. The van der Waals surface area contributed by atoms with E-state index < -0.39 is 75.2 Å². The average Bonchev–Trinajstić information content (AvgIpc) is 3.19. The first-order valence-corrected chi connectivity index (χ1v) is 24.0. The zero-order valence-electron chi connectivity index (χ0n) is 35.7. The van der Waals surface area contributed by atoms with E-state index in [0.717, 1.165) is 44.9 Å². The number of carbonyl (C=O) groups is 1. The lowest BCUT2D eigenvalue weighted by Crippen LogP contribution is -2.64. The van der Waals surface area contributed by atoms with Crippen LogP contribution in [0.2, 0.25) is 0 Å². The molecule has 0 spiro atoms. The topological polar surface area (TPSA) is 226 Å². The van der Waals surface area contributed by atoms with Crippen LogP contribution in [0.25, 0.3) is 0 Å². The van der Waals surface area contributed by atoms with Gasteiger partial charge in [-0.15, -0.1) is 0 Å². The van der Waals surface area contributed by atoms with Gasteiger partial charge in [0.25, 0.3) is 0 Å². The fraction of sp³-hybridized carbons (Fsp3) is 0.841. The van der Waals surface area contributed by atoms with E-state index in [4.69, 9.17) is 9.05 Å². The number of nitrogens with one attached hydrogen (secondary N) is 1. The Morgan fingerprint density at radius 3 is 1.52 bits per heavy atom. The summed E-state index contributed by atoms with van der Waals surface area (Å²) in [6.07, 6.45) is 23.8. The van der Waals surface area contributed by atoms with Gasteiger partial charge in [-0.2, -0.15) is 0 Å². The number of carbonyl (C=O) groups excluding carboxylic acids is 1. The summed E-state index contributed by atoms with van der Waals surface area (Å²) in [5.41, 5.74) is 0. The molecule has 1 saturated carbocycles. The van der Waals surface area contributed by atoms with Gasteiger partial charge in [-0.1, -0.05) is 159 Å². The predicted octanol–water partition coefficient (Wildman–Crippen LogP) is 6.97. The second kappa shape index (κ2) is 34.1. The average molecular weight is 848 g/mol. The van der Waals surface area contributed by atoms with Crippen molar-refractivity contribution in [3.63, 3.8) is 0 Å². The summed E-state index contributed by atoms with van der Waals surface area (Å²) in [6.45, 7) is 3.69. The zero-order chi connectivity index (χ0) is 43.0. The van der Waals surface area contributed by atoms with Gasteiger partial charge in [0.05, 0.1) is 31.3 Å². The molecule has 1 amide bonds. The third-order valence-electron chi connectivity index (χ3n) is 10.7. The molecule has 1 fully saturated rings. The Kier molecular flexibility index (Phi) is 32.1. The molecule has 0 aromatic heterocycles. The summed E-state index contributed by atoms with van der Waals surface area (Å²) >= 11 is 0. The van der Waals surface area contributed by atoms with Crippen molar-refractivity contribution >= 4 is 13.7 Å². The van der Waals surface area contributed by atoms with E-state index in [9.17, 15) is 50.0 Å². The second-order valence-corrected chi connectivity index (χ2v) is 17.5. The van der Waals surface area contributed by atoms with Crippen LogP contribution in [0.5, 0.6) is 0 Å². The highest BCUT2D eigenvalue weighted by Crippen LogP contribution is 2.47. The summed E-state index contributed by atoms with van der Waals surface area (Å²) in [5, 5.41) is 74.3. The molecule has 13 nitrogen and oxygen atoms in total. The van der Waals surface area contributed by atoms with E-state index in [1.807, 2.05) is 0 Å². The maximum atomic E-state index is 12.9. The lowest BCUT2D eigenvalue weighted by atomic mass is 9.85. The fourth-order valence-electron chi connectivity index (χ4n) is 6.98. The van der Waals surface area contributed by atoms with Gasteiger partial charge in [-0.3, -0.25) is 13.8 Å². The molecule has 9 N–H and O–H groups in total. The molecule has 0 saturated heterocycles. The molecular weight excluding hydrogens is 765 g/mol. The molecule has 1 aliphatic carbocycles. The number of aliphatic hydroxyl groups excluding tert-OH is 7. The number of hydrogen-bond acceptors (Lipinski definition) is 11. The zero-order valence-corrected chi connectivity index (χ0v) is 36.6. The van der Waals surface area contributed by atoms with Gasteiger partial charge in [0.2, 0.25) is 5.91 Å². The minimum atomic E-state index is -5.15. The van der Waals surface area contributed by atoms with E-state index in [1.165, 1.54) is 96.0 Å². The highest BCUT2D eigenvalue weighted by molar-refractivity contribution is 7.47. The number of phosphoric acid groups is 1. The van der Waals surface area contributed by atoms with Crippen molar-refractivity contribution in [2.24, 2.45) is 0 Å². The molecule has 58 heavy (non-hydrogen) atoms. The Labute approximate surface area is 349 Å². The number of aliphatic hydroxyl groups is 7. The van der Waals surface area contributed by atoms with E-state index in [2.05, 4.69) is 43.5 Å². The third-order valence-corrected chi connectivity index (χ3v) is 11.7. The van der Waals surface area contributed by atoms with Crippen LogP contribution in [-0.4, -0.2) is 108 Å². The van der Waals surface area contributed by atoms with Crippen LogP contribution in [-0.2, 0) is 18.4 Å². The van der Waals surface area contributed by atoms with Gasteiger partial charge in [-0.05, 0) is 44.9 Å². The number of rotatable bonds is 36. The highest BCUT2D eigenvalue weighted by Gasteiger charge is 2.51. The van der Waals surface area contributed by atoms with Crippen LogP contribution in [0.15, 0.2) is 36.5 Å². The van der Waals surface area contributed by atoms with Crippen LogP contribution in [0.3, 0.4) is 0 Å². The lowest BCUT2D eigenvalue weighted by Gasteiger charge is -2.41. The monoisotopic (exact) mass is 848 g/mol. The SMILES string of the molecule is CCCCCCCCC/C=C/CC/C=C/CC/C=C/C(O)C(COP(=O)(O)OC1C(O)C(O)C(O)C(O)C1O)NC(=O)CC(O)CCCCCCCCCCCCC. The number of phosphoric ester groups is 1. The Bertz CT molecular complexity index is 1140. The van der Waals surface area contributed by atoms with Gasteiger partial charge in [0.1, 0.15) is 36.6 Å². The van der Waals surface area contributed by atoms with Gasteiger partial charge in [0.15, 0.2) is 0 Å². The molecule has 8 unspecified atom stereocenters. The summed E-state index contributed by atoms with van der Waals surface area (Å²) in [6, 6.07) is -1.26. The smallest absolute Gasteiger partial charge is 0.393 e. The molecule has 340 valence electrons. The van der Waals surface area contributed by atoms with Gasteiger partial charge in [0, 0.05) is 0 Å². The lowest BCUT2D eigenvalue weighted by molar-refractivity contribution is -0.220. The van der Waals surface area contributed by atoms with Gasteiger partial charge < -0.3 is 46.0 Å². The van der Waals surface area contributed by atoms with Crippen LogP contribution < -0.4 is 5.32 Å². The van der Waals surface area contributed by atoms with Crippen LogP contribution >= 0.6 is 7.82 Å². The molecule has 1 aliphatic rings. The minimum Gasteiger partial charge on any atom is -0.393 e. The molecule has 1 rings (SSSR count). The molecular formula is C44H82NO12P. The molecule has 0 aliphatic heterocycles. The van der Waals surface area contributed by atoms with Crippen LogP contribution in [0, 0.1) is 0 Å². The van der Waals surface area contributed by atoms with Crippen molar-refractivity contribution in [3.8, 4) is 0 Å². The van der Waals surface area contributed by atoms with E-state index in [-0.39, 0.29) is 6.42 Å². The standard InChI is InChI=1S/C44H82NO12P/c1-3-5-7-9-11-13-15-16-17-18-19-20-22-24-26-28-30-32-37(47)36(34-56-58(54,55)57-44-42(52)40(50)39(49)41(51)43(44)53)45-38(48)33-35(46)31-29-27-25-23-21-14-12-10-8-6-4-2/h17-18,22,24,30,32,35-37,39-44,46-47,49-53H,3-16,19-21,23,25-29,31,33-34H2,1-2H3,(H,45,48)(H,54,55)/b18-17+,24-22+,32-30+. The molecule has 0 aromatic carbocycles. The fourth-order valence-corrected chi connectivity index (χ4v) is 7.94. The Balaban J connectivity index is 2.62. The van der Waals surface area contributed by atoms with Crippen LogP contribution in [0.4, 0.5) is 0 Å². The van der Waals surface area contributed by atoms with Crippen LogP contribution in [0.1, 0.15) is 174 Å². The summed E-state index contributed by atoms with van der Waals surface area (Å²) in [4.78, 5) is 23.4. The van der Waals surface area contributed by atoms with Gasteiger partial charge >= 0.3 is 7.82 Å². The van der Waals surface area contributed by atoms with E-state index >= 15 is 0 Å². The summed E-state index contributed by atoms with van der Waals surface area (Å²) in [7, 11) is -5.15. The van der Waals surface area contributed by atoms with Gasteiger partial charge in [-0.25, -0.2) is 4.57 Å². The first kappa shape index (κ1) is 54.5. The molecule has 0 heterocycles. The first-order valence-electron chi connectivity index (χ1n) is 22.5. The summed E-state index contributed by atoms with van der Waals surface area (Å²) < 4.78 is 22.8. The maximum absolute atomic E-state index is 12.9. The predicted molar refractivity (Wildman–Crippen MR) is 229 cm³/mol. The quantitative estimate of drug-likeness (QED) is 0.0177. The molecule has 0 radical (unpaired) electrons. The second-order valence-electron chi connectivity index (χ2n) is 16.1. The molecule has 14 heteroatoms. The molecule has 8 atom stereocenters. The number of amides is 1. The summed E-state index contributed by atoms with van der Waals surface area (Å²) in [5.74, 6) is -0.608. The van der Waals surface area contributed by atoms with E-state index in [0.29, 0.717) is 19.3 Å². The van der Waals surface area contributed by atoms with Crippen molar-refractivity contribution in [2.45, 2.75) is 229 Å². The van der Waals surface area contributed by atoms with Crippen molar-refractivity contribution in [1.82, 2.24) is 5.32 Å². The number of unbranched alkanes of at least 4 members (excludes halogenated alkanes) is 19. The normalized spacial score (nSPS) is 24.1. The minimum absolute atomic E-state index is 0.254. The first-order chi connectivity index (χ1) is 27.8. The van der Waals surface area contributed by atoms with Crippen molar-refractivity contribution in [1.29, 1.82) is 0 Å². The van der Waals surface area contributed by atoms with Crippen molar-refractivity contribution in [2.75, 3.05) is 6.61 Å². The molecule has 0 aromatic rings. The highest BCUT2D eigenvalue weighted by atomic mass is 31.2. The third kappa shape index (κ3) is 26.0. The largest absolute Gasteiger partial charge is 0.472 e. The van der Waals surface area contributed by atoms with E-state index in [1.54, 1.807) is 6.08 Å². The Morgan fingerprint density at radius 1 is 0.603 bits per heavy atom. The Hall–Kier alpha value is -1.48. The number of allylic oxidation sites excluding steroid dienone is 5. The maximum Gasteiger partial charge on any atom is 0.472 e. The molecule has 0 bridgehead atoms. The van der Waals surface area contributed by atoms with Crippen molar-refractivity contribution in [3.05, 3.63) is 36.5 Å². The Morgan fingerprint density at radius 2 is 1.02 bits per heavy atom. The van der Waals surface area contributed by atoms with Crippen molar-refractivity contribution < 1.29 is 59.0 Å².